The van der Waals surface area contributed by atoms with E-state index in [-0.39, 0.29) is 0 Å². The third-order valence-corrected chi connectivity index (χ3v) is 3.85. The molecule has 0 aliphatic carbocycles. The highest BCUT2D eigenvalue weighted by molar-refractivity contribution is 14.1. The van der Waals surface area contributed by atoms with E-state index in [4.69, 9.17) is 0 Å². The maximum Gasteiger partial charge on any atom is 0.0462 e. The monoisotopic (exact) mass is 340 g/mol. The van der Waals surface area contributed by atoms with Gasteiger partial charge in [-0.25, -0.2) is 0 Å². The van der Waals surface area contributed by atoms with Crippen LogP contribution in [0.3, 0.4) is 0 Å². The van der Waals surface area contributed by atoms with Gasteiger partial charge in [-0.05, 0) is 46.2 Å². The molecule has 2 nitrogen and oxygen atoms in total. The molecule has 0 bridgehead atoms. The fourth-order valence-electron chi connectivity index (χ4n) is 2.08. The van der Waals surface area contributed by atoms with Crippen LogP contribution in [0.4, 0.5) is 11.4 Å². The second kappa shape index (κ2) is 4.72. The first-order chi connectivity index (χ1) is 8.02. The Morgan fingerprint density at radius 3 is 2.00 bits per heavy atom. The first kappa shape index (κ1) is 12.5. The molecule has 0 atom stereocenters. The van der Waals surface area contributed by atoms with Crippen molar-refractivity contribution in [2.45, 2.75) is 0 Å². The van der Waals surface area contributed by atoms with Crippen LogP contribution in [-0.2, 0) is 0 Å². The molecule has 2 aromatic carbocycles. The molecule has 0 aliphatic heterocycles. The Kier molecular flexibility index (Phi) is 3.47. The Labute approximate surface area is 116 Å². The number of rotatable bonds is 2. The van der Waals surface area contributed by atoms with Crippen LogP contribution in [0.15, 0.2) is 30.3 Å². The quantitative estimate of drug-likeness (QED) is 0.771. The van der Waals surface area contributed by atoms with Crippen molar-refractivity contribution in [2.24, 2.45) is 0 Å². The Hall–Kier alpha value is -0.970. The minimum absolute atomic E-state index is 1.27. The van der Waals surface area contributed by atoms with E-state index in [1.54, 1.807) is 0 Å². The molecule has 0 amide bonds. The Morgan fingerprint density at radius 2 is 1.41 bits per heavy atom. The van der Waals surface area contributed by atoms with Crippen LogP contribution in [-0.4, -0.2) is 28.2 Å². The van der Waals surface area contributed by atoms with E-state index in [1.165, 1.54) is 25.7 Å². The lowest BCUT2D eigenvalue weighted by molar-refractivity contribution is 1.12. The van der Waals surface area contributed by atoms with Crippen molar-refractivity contribution < 1.29 is 0 Å². The maximum absolute atomic E-state index is 2.40. The summed E-state index contributed by atoms with van der Waals surface area (Å²) in [6.45, 7) is 0. The summed E-state index contributed by atoms with van der Waals surface area (Å²) in [7, 11) is 8.37. The molecular formula is C14H17IN2. The molecule has 0 spiro atoms. The molecule has 0 N–H and O–H groups in total. The largest absolute Gasteiger partial charge is 0.377 e. The fraction of sp³-hybridized carbons (Fsp3) is 0.286. The van der Waals surface area contributed by atoms with Crippen molar-refractivity contribution in [2.75, 3.05) is 38.0 Å². The minimum atomic E-state index is 1.27. The van der Waals surface area contributed by atoms with Gasteiger partial charge in [-0.2, -0.15) is 0 Å². The highest BCUT2D eigenvalue weighted by atomic mass is 127. The van der Waals surface area contributed by atoms with E-state index in [0.29, 0.717) is 0 Å². The molecule has 0 saturated carbocycles. The van der Waals surface area contributed by atoms with Gasteiger partial charge in [0.1, 0.15) is 0 Å². The Balaban J connectivity index is 2.89. The van der Waals surface area contributed by atoms with Crippen molar-refractivity contribution in [1.82, 2.24) is 0 Å². The van der Waals surface area contributed by atoms with Gasteiger partial charge >= 0.3 is 0 Å². The number of nitrogens with zero attached hydrogens (tertiary/aromatic N) is 2. The first-order valence-corrected chi connectivity index (χ1v) is 6.66. The lowest BCUT2D eigenvalue weighted by Crippen LogP contribution is -2.13. The van der Waals surface area contributed by atoms with Crippen LogP contribution in [0.25, 0.3) is 10.8 Å². The van der Waals surface area contributed by atoms with Crippen LogP contribution in [0.2, 0.25) is 0 Å². The first-order valence-electron chi connectivity index (χ1n) is 5.58. The maximum atomic E-state index is 2.40. The summed E-state index contributed by atoms with van der Waals surface area (Å²) in [5.74, 6) is 0. The van der Waals surface area contributed by atoms with Crippen LogP contribution >= 0.6 is 22.6 Å². The van der Waals surface area contributed by atoms with E-state index >= 15 is 0 Å². The number of hydrogen-bond donors (Lipinski definition) is 0. The van der Waals surface area contributed by atoms with Gasteiger partial charge in [0.25, 0.3) is 0 Å². The summed E-state index contributed by atoms with van der Waals surface area (Å²) in [4.78, 5) is 4.34. The molecule has 2 rings (SSSR count). The van der Waals surface area contributed by atoms with E-state index in [9.17, 15) is 0 Å². The van der Waals surface area contributed by atoms with Crippen LogP contribution in [0, 0.1) is 3.57 Å². The molecule has 0 aromatic heterocycles. The van der Waals surface area contributed by atoms with E-state index in [2.05, 4.69) is 90.9 Å². The van der Waals surface area contributed by atoms with E-state index in [1.807, 2.05) is 0 Å². The van der Waals surface area contributed by atoms with Gasteiger partial charge in [0.2, 0.25) is 0 Å². The summed E-state index contributed by atoms with van der Waals surface area (Å²) in [6.07, 6.45) is 0. The zero-order valence-corrected chi connectivity index (χ0v) is 12.8. The Bertz CT molecular complexity index is 533. The van der Waals surface area contributed by atoms with Crippen LogP contribution in [0.1, 0.15) is 0 Å². The molecule has 0 saturated heterocycles. The topological polar surface area (TPSA) is 6.48 Å². The van der Waals surface area contributed by atoms with Gasteiger partial charge in [-0.1, -0.05) is 12.1 Å². The van der Waals surface area contributed by atoms with Crippen molar-refractivity contribution in [1.29, 1.82) is 0 Å². The van der Waals surface area contributed by atoms with Gasteiger partial charge in [0, 0.05) is 48.5 Å². The molecule has 17 heavy (non-hydrogen) atoms. The SMILES string of the molecule is CN(C)c1cccc2c(I)ccc(N(C)C)c12. The van der Waals surface area contributed by atoms with E-state index in [0.717, 1.165) is 0 Å². The average molecular weight is 340 g/mol. The normalized spacial score (nSPS) is 10.6. The van der Waals surface area contributed by atoms with Gasteiger partial charge in [0.15, 0.2) is 0 Å². The predicted molar refractivity (Wildman–Crippen MR) is 85.3 cm³/mol. The molecule has 0 aliphatic rings. The smallest absolute Gasteiger partial charge is 0.0462 e. The molecule has 0 fully saturated rings. The number of anilines is 2. The summed E-state index contributed by atoms with van der Waals surface area (Å²) >= 11 is 2.40. The summed E-state index contributed by atoms with van der Waals surface area (Å²) in [5, 5.41) is 2.65. The van der Waals surface area contributed by atoms with Crippen molar-refractivity contribution in [3.05, 3.63) is 33.9 Å². The standard InChI is InChI=1S/C14H17IN2/c1-16(2)12-7-5-6-10-11(15)8-9-13(14(10)12)17(3)4/h5-9H,1-4H3. The number of hydrogen-bond acceptors (Lipinski definition) is 2. The fourth-order valence-corrected chi connectivity index (χ4v) is 2.71. The van der Waals surface area contributed by atoms with Crippen molar-refractivity contribution in [3.8, 4) is 0 Å². The minimum Gasteiger partial charge on any atom is -0.377 e. The third-order valence-electron chi connectivity index (χ3n) is 2.91. The Morgan fingerprint density at radius 1 is 0.824 bits per heavy atom. The van der Waals surface area contributed by atoms with Crippen LogP contribution < -0.4 is 9.80 Å². The second-order valence-corrected chi connectivity index (χ2v) is 5.72. The summed E-state index contributed by atoms with van der Waals surface area (Å²) < 4.78 is 1.30. The molecular weight excluding hydrogens is 323 g/mol. The summed E-state index contributed by atoms with van der Waals surface area (Å²) in [6, 6.07) is 10.9. The lowest BCUT2D eigenvalue weighted by Gasteiger charge is -2.22. The van der Waals surface area contributed by atoms with Gasteiger partial charge in [-0.15, -0.1) is 0 Å². The predicted octanol–water partition coefficient (Wildman–Crippen LogP) is 3.58. The van der Waals surface area contributed by atoms with Crippen LogP contribution in [0.5, 0.6) is 0 Å². The highest BCUT2D eigenvalue weighted by Gasteiger charge is 2.11. The van der Waals surface area contributed by atoms with Gasteiger partial charge in [0.05, 0.1) is 0 Å². The summed E-state index contributed by atoms with van der Waals surface area (Å²) in [5.41, 5.74) is 2.54. The molecule has 90 valence electrons. The van der Waals surface area contributed by atoms with Crippen molar-refractivity contribution in [3.63, 3.8) is 0 Å². The molecule has 0 unspecified atom stereocenters. The second-order valence-electron chi connectivity index (χ2n) is 4.56. The molecule has 3 heteroatoms. The van der Waals surface area contributed by atoms with Gasteiger partial charge < -0.3 is 9.80 Å². The third kappa shape index (κ3) is 2.20. The van der Waals surface area contributed by atoms with Crippen molar-refractivity contribution >= 4 is 44.7 Å². The highest BCUT2D eigenvalue weighted by Crippen LogP contribution is 2.36. The number of benzene rings is 2. The van der Waals surface area contributed by atoms with E-state index < -0.39 is 0 Å². The number of fused-ring (bicyclic) bond motifs is 1. The molecule has 2 aromatic rings. The van der Waals surface area contributed by atoms with Gasteiger partial charge in [-0.3, -0.25) is 0 Å². The number of halogens is 1. The zero-order chi connectivity index (χ0) is 12.6. The average Bonchev–Trinajstić information content (AvgIpc) is 2.28. The zero-order valence-electron chi connectivity index (χ0n) is 10.7. The molecule has 0 heterocycles. The lowest BCUT2D eigenvalue weighted by atomic mass is 10.1. The molecule has 0 radical (unpaired) electrons.